The third-order valence-corrected chi connectivity index (χ3v) is 15.7. The van der Waals surface area contributed by atoms with Crippen molar-refractivity contribution in [2.75, 3.05) is 46.3 Å². The van der Waals surface area contributed by atoms with Crippen LogP contribution in [-0.2, 0) is 33.0 Å². The maximum atomic E-state index is 13.6. The number of likely N-dealkylation sites (N-methyl/N-ethyl adjacent to an activating group) is 1. The summed E-state index contributed by atoms with van der Waals surface area (Å²) in [6.07, 6.45) is 5.12. The number of pyridine rings is 2. The molecule has 5 amide bonds. The van der Waals surface area contributed by atoms with E-state index in [9.17, 15) is 34.2 Å². The van der Waals surface area contributed by atoms with Crippen molar-refractivity contribution < 1.29 is 34.2 Å². The van der Waals surface area contributed by atoms with Crippen molar-refractivity contribution in [3.05, 3.63) is 144 Å². The third kappa shape index (κ3) is 24.0. The first kappa shape index (κ1) is 68.5. The van der Waals surface area contributed by atoms with Gasteiger partial charge in [-0.3, -0.25) is 29.1 Å². The number of urea groups is 1. The summed E-state index contributed by atoms with van der Waals surface area (Å²) in [7, 11) is 1.67. The number of carbonyl (C=O) groups excluding carboxylic acids is 5. The number of nitrogens with zero attached hydrogens (tertiary/aromatic N) is 4. The summed E-state index contributed by atoms with van der Waals surface area (Å²) < 4.78 is 0. The van der Waals surface area contributed by atoms with E-state index in [0.717, 1.165) is 40.6 Å². The molecule has 0 bridgehead atoms. The highest BCUT2D eigenvalue weighted by molar-refractivity contribution is 7.99. The predicted octanol–water partition coefficient (Wildman–Crippen LogP) is 7.74. The van der Waals surface area contributed by atoms with E-state index in [4.69, 9.17) is 0 Å². The zero-order valence-electron chi connectivity index (χ0n) is 51.8. The Labute approximate surface area is 504 Å². The molecule has 1 aliphatic rings. The lowest BCUT2D eigenvalue weighted by Gasteiger charge is -2.41. The van der Waals surface area contributed by atoms with Crippen molar-refractivity contribution in [2.24, 2.45) is 11.3 Å². The number of fused-ring (bicyclic) bond motifs is 1. The highest BCUT2D eigenvalue weighted by atomic mass is 32.2. The Bertz CT molecular complexity index is 2830. The van der Waals surface area contributed by atoms with Gasteiger partial charge in [0.05, 0.1) is 49.4 Å². The van der Waals surface area contributed by atoms with Crippen LogP contribution in [-0.4, -0.2) is 159 Å². The van der Waals surface area contributed by atoms with Crippen LogP contribution in [0, 0.1) is 11.3 Å². The van der Waals surface area contributed by atoms with Gasteiger partial charge in [0, 0.05) is 65.5 Å². The highest BCUT2D eigenvalue weighted by Crippen LogP contribution is 2.31. The van der Waals surface area contributed by atoms with Crippen molar-refractivity contribution in [1.29, 1.82) is 0 Å². The van der Waals surface area contributed by atoms with Crippen LogP contribution in [0.25, 0.3) is 10.9 Å². The Balaban J connectivity index is 0.000000314. The Kier molecular flexibility index (Phi) is 26.8. The van der Waals surface area contributed by atoms with Gasteiger partial charge in [0.2, 0.25) is 17.7 Å². The van der Waals surface area contributed by atoms with Crippen molar-refractivity contribution in [2.45, 2.75) is 167 Å². The molecule has 2 aromatic heterocycles. The van der Waals surface area contributed by atoms with Crippen LogP contribution >= 0.6 is 11.8 Å². The lowest BCUT2D eigenvalue weighted by atomic mass is 9.85. The van der Waals surface area contributed by atoms with Crippen molar-refractivity contribution in [3.63, 3.8) is 0 Å². The number of piperidine rings is 1. The van der Waals surface area contributed by atoms with Gasteiger partial charge >= 0.3 is 6.03 Å². The average molecular weight is 1170 g/mol. The topological polar surface area (TPSA) is 230 Å². The van der Waals surface area contributed by atoms with Crippen LogP contribution in [0.5, 0.6) is 0 Å². The van der Waals surface area contributed by atoms with Gasteiger partial charge in [-0.2, -0.15) is 11.8 Å². The van der Waals surface area contributed by atoms with E-state index >= 15 is 0 Å². The Hall–Kier alpha value is -6.28. The van der Waals surface area contributed by atoms with E-state index in [1.165, 1.54) is 5.56 Å². The first-order valence-electron chi connectivity index (χ1n) is 29.6. The number of thioether (sulfide) groups is 1. The minimum Gasteiger partial charge on any atom is -0.390 e. The molecule has 1 saturated heterocycles. The molecule has 458 valence electrons. The van der Waals surface area contributed by atoms with Gasteiger partial charge in [0.15, 0.2) is 5.78 Å². The maximum absolute atomic E-state index is 13.6. The lowest BCUT2D eigenvalue weighted by molar-refractivity contribution is -0.132. The molecule has 1 aliphatic heterocycles. The average Bonchev–Trinajstić information content (AvgIpc) is 3.06. The number of benzene rings is 3. The molecular weight excluding hydrogens is 1080 g/mol. The second-order valence-electron chi connectivity index (χ2n) is 25.7. The zero-order chi connectivity index (χ0) is 61.6. The molecule has 18 heteroatoms. The van der Waals surface area contributed by atoms with E-state index < -0.39 is 41.3 Å². The Morgan fingerprint density at radius 1 is 0.726 bits per heavy atom. The van der Waals surface area contributed by atoms with Crippen molar-refractivity contribution in [1.82, 2.24) is 51.7 Å². The number of para-hydroxylation sites is 1. The van der Waals surface area contributed by atoms with Crippen LogP contribution in [0.3, 0.4) is 0 Å². The number of nitrogens with one attached hydrogen (secondary N) is 6. The molecule has 3 aromatic carbocycles. The Morgan fingerprint density at radius 3 is 1.94 bits per heavy atom. The van der Waals surface area contributed by atoms with Crippen molar-refractivity contribution >= 4 is 52.2 Å². The number of aromatic nitrogens is 2. The molecule has 1 fully saturated rings. The maximum Gasteiger partial charge on any atom is 0.317 e. The molecule has 84 heavy (non-hydrogen) atoms. The molecule has 6 rings (SSSR count). The number of aliphatic hydroxyl groups excluding tert-OH is 2. The number of β-amino-alcohol motifs (C(OH)–C–C–N with tert-alkyl or cyclic N) is 1. The smallest absolute Gasteiger partial charge is 0.317 e. The van der Waals surface area contributed by atoms with Gasteiger partial charge in [-0.1, -0.05) is 126 Å². The van der Waals surface area contributed by atoms with E-state index in [1.807, 2.05) is 177 Å². The monoisotopic (exact) mass is 1170 g/mol. The molecule has 5 aromatic rings. The van der Waals surface area contributed by atoms with Gasteiger partial charge in [-0.25, -0.2) is 9.78 Å². The molecule has 8 N–H and O–H groups in total. The van der Waals surface area contributed by atoms with Gasteiger partial charge < -0.3 is 47.0 Å². The van der Waals surface area contributed by atoms with Gasteiger partial charge in [0.1, 0.15) is 11.7 Å². The summed E-state index contributed by atoms with van der Waals surface area (Å²) in [5.41, 5.74) is 2.97. The normalized spacial score (nSPS) is 16.7. The summed E-state index contributed by atoms with van der Waals surface area (Å²) >= 11 is 1.86. The minimum atomic E-state index is -1.04. The first-order chi connectivity index (χ1) is 39.7. The largest absolute Gasteiger partial charge is 0.390 e. The fourth-order valence-electron chi connectivity index (χ4n) is 9.80. The second kappa shape index (κ2) is 32.8. The van der Waals surface area contributed by atoms with Gasteiger partial charge in [-0.15, -0.1) is 0 Å². The number of ketones is 1. The fraction of sp³-hybridized carbons (Fsp3) is 0.530. The number of likely N-dealkylation sites (tertiary alicyclic amines) is 1. The van der Waals surface area contributed by atoms with Gasteiger partial charge in [0.25, 0.3) is 0 Å². The van der Waals surface area contributed by atoms with E-state index in [2.05, 4.69) is 66.7 Å². The number of rotatable bonds is 26. The Morgan fingerprint density at radius 2 is 1.35 bits per heavy atom. The first-order valence-corrected chi connectivity index (χ1v) is 30.7. The van der Waals surface area contributed by atoms with Crippen LogP contribution in [0.15, 0.2) is 122 Å². The number of hydrogen-bond donors (Lipinski definition) is 8. The molecule has 7 atom stereocenters. The highest BCUT2D eigenvalue weighted by Gasteiger charge is 2.38. The fourth-order valence-corrected chi connectivity index (χ4v) is 11.0. The summed E-state index contributed by atoms with van der Waals surface area (Å²) in [5, 5.41) is 42.6. The molecule has 0 saturated carbocycles. The molecule has 0 spiro atoms. The number of hydrogen-bond acceptors (Lipinski definition) is 13. The van der Waals surface area contributed by atoms with E-state index in [0.29, 0.717) is 55.8 Å². The molecule has 6 unspecified atom stereocenters. The number of Topliss-reactive ketones (excluding diaryl/α,β-unsaturated/α-hetero) is 1. The van der Waals surface area contributed by atoms with Crippen LogP contribution in [0.2, 0.25) is 0 Å². The predicted molar refractivity (Wildman–Crippen MR) is 339 cm³/mol. The molecule has 3 heterocycles. The molecule has 17 nitrogen and oxygen atoms in total. The quantitative estimate of drug-likeness (QED) is 0.0248. The van der Waals surface area contributed by atoms with Crippen LogP contribution in [0.1, 0.15) is 123 Å². The second-order valence-corrected chi connectivity index (χ2v) is 27.0. The summed E-state index contributed by atoms with van der Waals surface area (Å²) in [6, 6.07) is 32.5. The number of amides is 5. The lowest BCUT2D eigenvalue weighted by Crippen LogP contribution is -2.60. The van der Waals surface area contributed by atoms with E-state index in [1.54, 1.807) is 24.2 Å². The van der Waals surface area contributed by atoms with Crippen molar-refractivity contribution in [3.8, 4) is 0 Å². The number of aliphatic hydroxyl groups is 2. The van der Waals surface area contributed by atoms with Crippen LogP contribution in [0.4, 0.5) is 4.79 Å². The minimum absolute atomic E-state index is 0.0171. The SMILES string of the molecule is CC(C)(C)NC(=O)C1CC(SCc2cccnc2)CCN1CC(O)C(Cc1ccccc1)NCC(=O)c1ccc2ccccc2n1.CNCC(=O)N[C@H](C(=O)NC(Cc1ccccc1)C(O)CN(CCC(C)C)C(=O)NC(C)(C)C)C(C)(C)C. The standard InChI is InChI=1S/C37H45N5O3S.C29H51N5O4/c1-37(2,3)41-36(45)33-21-29(46-25-27-12-9-18-38-22-27)17-19-42(33)24-35(44)32(20-26-10-5-4-6-11-26)39-23-34(43)31-16-15-28-13-7-8-14-30(28)40-31;1-20(2)15-16-34(27(38)33-29(6,7)8)19-23(35)22(17-21-13-11-10-12-14-21)31-26(37)25(28(3,4)5)32-24(36)18-30-9/h4-16,18,22,29,32-33,35,39,44H,17,19-21,23-25H2,1-3H3,(H,41,45);10-14,20,22-23,25,30,35H,15-19H2,1-9H3,(H,31,37)(H,32,36)(H,33,38)/t;22?,23?,25-/m.1/s1. The summed E-state index contributed by atoms with van der Waals surface area (Å²) in [4.78, 5) is 78.4. The molecule has 0 radical (unpaired) electrons. The summed E-state index contributed by atoms with van der Waals surface area (Å²) in [6.45, 7) is 23.2. The number of carbonyl (C=O) groups is 5. The third-order valence-electron chi connectivity index (χ3n) is 14.3. The van der Waals surface area contributed by atoms with E-state index in [-0.39, 0.29) is 60.8 Å². The summed E-state index contributed by atoms with van der Waals surface area (Å²) in [5.74, 6) is 0.404. The zero-order valence-corrected chi connectivity index (χ0v) is 52.6. The molecule has 0 aliphatic carbocycles. The van der Waals surface area contributed by atoms with Gasteiger partial charge in [-0.05, 0) is 127 Å². The molecular formula is C66H96N10O7S. The van der Waals surface area contributed by atoms with Crippen LogP contribution < -0.4 is 31.9 Å².